The van der Waals surface area contributed by atoms with Crippen molar-refractivity contribution in [3.05, 3.63) is 18.0 Å². The van der Waals surface area contributed by atoms with Gasteiger partial charge in [-0.25, -0.2) is 4.79 Å². The zero-order valence-corrected chi connectivity index (χ0v) is 14.9. The van der Waals surface area contributed by atoms with Crippen LogP contribution in [-0.2, 0) is 10.6 Å². The molecule has 1 aliphatic heterocycles. The molecule has 0 aliphatic carbocycles. The van der Waals surface area contributed by atoms with Gasteiger partial charge < -0.3 is 19.3 Å². The lowest BCUT2D eigenvalue weighted by Gasteiger charge is -2.36. The maximum absolute atomic E-state index is 12.1. The SMILES string of the molecule is COc1cc(N2CCN(C(=O)OC(C)(C)C)CC2)cnc1CCl. The van der Waals surface area contributed by atoms with Gasteiger partial charge in [0.2, 0.25) is 0 Å². The van der Waals surface area contributed by atoms with Gasteiger partial charge in [0.1, 0.15) is 11.4 Å². The second-order valence-corrected chi connectivity index (χ2v) is 6.70. The molecule has 1 saturated heterocycles. The summed E-state index contributed by atoms with van der Waals surface area (Å²) in [6.45, 7) is 8.31. The number of hydrogen-bond acceptors (Lipinski definition) is 5. The van der Waals surface area contributed by atoms with E-state index in [9.17, 15) is 4.79 Å². The first kappa shape index (κ1) is 17.7. The van der Waals surface area contributed by atoms with Crippen molar-refractivity contribution in [2.45, 2.75) is 32.3 Å². The molecule has 0 saturated carbocycles. The van der Waals surface area contributed by atoms with E-state index in [0.29, 0.717) is 24.7 Å². The van der Waals surface area contributed by atoms with Crippen LogP contribution >= 0.6 is 11.6 Å². The van der Waals surface area contributed by atoms with Crippen LogP contribution in [0.2, 0.25) is 0 Å². The van der Waals surface area contributed by atoms with Crippen molar-refractivity contribution in [2.75, 3.05) is 38.2 Å². The largest absolute Gasteiger partial charge is 0.495 e. The van der Waals surface area contributed by atoms with E-state index in [1.54, 1.807) is 18.2 Å². The van der Waals surface area contributed by atoms with Crippen molar-refractivity contribution in [3.63, 3.8) is 0 Å². The van der Waals surface area contributed by atoms with Gasteiger partial charge in [0, 0.05) is 32.2 Å². The monoisotopic (exact) mass is 341 g/mol. The first-order chi connectivity index (χ1) is 10.8. The fraction of sp³-hybridized carbons (Fsp3) is 0.625. The molecule has 1 fully saturated rings. The van der Waals surface area contributed by atoms with Gasteiger partial charge >= 0.3 is 6.09 Å². The fourth-order valence-electron chi connectivity index (χ4n) is 2.39. The zero-order chi connectivity index (χ0) is 17.0. The molecule has 0 N–H and O–H groups in total. The molecule has 128 valence electrons. The Bertz CT molecular complexity index is 552. The Morgan fingerprint density at radius 2 is 1.96 bits per heavy atom. The molecule has 2 heterocycles. The van der Waals surface area contributed by atoms with Crippen LogP contribution in [0.3, 0.4) is 0 Å². The number of pyridine rings is 1. The number of rotatable bonds is 3. The minimum Gasteiger partial charge on any atom is -0.495 e. The van der Waals surface area contributed by atoms with E-state index in [1.807, 2.05) is 26.8 Å². The molecule has 0 atom stereocenters. The van der Waals surface area contributed by atoms with Crippen LogP contribution in [0.15, 0.2) is 12.3 Å². The Hall–Kier alpha value is -1.69. The van der Waals surface area contributed by atoms with Crippen LogP contribution < -0.4 is 9.64 Å². The number of alkyl halides is 1. The lowest BCUT2D eigenvalue weighted by Crippen LogP contribution is -2.50. The number of piperazine rings is 1. The number of carbonyl (C=O) groups is 1. The molecule has 6 nitrogen and oxygen atoms in total. The lowest BCUT2D eigenvalue weighted by molar-refractivity contribution is 0.0240. The molecule has 0 spiro atoms. The predicted octanol–water partition coefficient (Wildman–Crippen LogP) is 2.89. The number of carbonyl (C=O) groups excluding carboxylic acids is 1. The van der Waals surface area contributed by atoms with E-state index in [2.05, 4.69) is 9.88 Å². The van der Waals surface area contributed by atoms with E-state index in [-0.39, 0.29) is 6.09 Å². The summed E-state index contributed by atoms with van der Waals surface area (Å²) in [7, 11) is 1.61. The number of ether oxygens (including phenoxy) is 2. The summed E-state index contributed by atoms with van der Waals surface area (Å²) in [4.78, 5) is 20.3. The smallest absolute Gasteiger partial charge is 0.410 e. The molecule has 2 rings (SSSR count). The average molecular weight is 342 g/mol. The molecule has 0 unspecified atom stereocenters. The van der Waals surface area contributed by atoms with Crippen molar-refractivity contribution < 1.29 is 14.3 Å². The standard InChI is InChI=1S/C16H24ClN3O3/c1-16(2,3)23-15(21)20-7-5-19(6-8-20)12-9-14(22-4)13(10-17)18-11-12/h9,11H,5-8,10H2,1-4H3. The highest BCUT2D eigenvalue weighted by Crippen LogP contribution is 2.25. The number of aromatic nitrogens is 1. The van der Waals surface area contributed by atoms with E-state index >= 15 is 0 Å². The van der Waals surface area contributed by atoms with Crippen LogP contribution in [0.4, 0.5) is 10.5 Å². The highest BCUT2D eigenvalue weighted by Gasteiger charge is 2.26. The van der Waals surface area contributed by atoms with Gasteiger partial charge in [0.25, 0.3) is 0 Å². The topological polar surface area (TPSA) is 54.9 Å². The zero-order valence-electron chi connectivity index (χ0n) is 14.1. The van der Waals surface area contributed by atoms with Gasteiger partial charge in [-0.05, 0) is 20.8 Å². The van der Waals surface area contributed by atoms with Gasteiger partial charge in [-0.2, -0.15) is 0 Å². The van der Waals surface area contributed by atoms with E-state index in [0.717, 1.165) is 24.5 Å². The van der Waals surface area contributed by atoms with Crippen LogP contribution in [0, 0.1) is 0 Å². The summed E-state index contributed by atoms with van der Waals surface area (Å²) in [6, 6.07) is 1.94. The Labute approximate surface area is 142 Å². The third-order valence-corrected chi connectivity index (χ3v) is 3.81. The Balaban J connectivity index is 1.98. The first-order valence-corrected chi connectivity index (χ1v) is 8.19. The maximum atomic E-state index is 12.1. The maximum Gasteiger partial charge on any atom is 0.410 e. The minimum absolute atomic E-state index is 0.259. The molecule has 23 heavy (non-hydrogen) atoms. The summed E-state index contributed by atoms with van der Waals surface area (Å²) in [6.07, 6.45) is 1.54. The van der Waals surface area contributed by atoms with E-state index in [4.69, 9.17) is 21.1 Å². The molecule has 0 radical (unpaired) electrons. The van der Waals surface area contributed by atoms with Crippen LogP contribution in [-0.4, -0.2) is 54.9 Å². The molecule has 1 aromatic heterocycles. The fourth-order valence-corrected chi connectivity index (χ4v) is 2.59. The van der Waals surface area contributed by atoms with Crippen molar-refractivity contribution in [1.29, 1.82) is 0 Å². The first-order valence-electron chi connectivity index (χ1n) is 7.66. The molecule has 0 bridgehead atoms. The van der Waals surface area contributed by atoms with E-state index in [1.165, 1.54) is 0 Å². The second kappa shape index (κ2) is 7.25. The van der Waals surface area contributed by atoms with Crippen LogP contribution in [0.25, 0.3) is 0 Å². The molecule has 1 aromatic rings. The second-order valence-electron chi connectivity index (χ2n) is 6.43. The summed E-state index contributed by atoms with van der Waals surface area (Å²) in [5, 5.41) is 0. The molecule has 1 amide bonds. The summed E-state index contributed by atoms with van der Waals surface area (Å²) >= 11 is 5.84. The quantitative estimate of drug-likeness (QED) is 0.791. The summed E-state index contributed by atoms with van der Waals surface area (Å²) in [5.74, 6) is 1.00. The number of halogens is 1. The Morgan fingerprint density at radius 1 is 1.30 bits per heavy atom. The van der Waals surface area contributed by atoms with Gasteiger partial charge in [0.15, 0.2) is 0 Å². The summed E-state index contributed by atoms with van der Waals surface area (Å²) in [5.41, 5.74) is 1.23. The molecular formula is C16H24ClN3O3. The number of amides is 1. The summed E-state index contributed by atoms with van der Waals surface area (Å²) < 4.78 is 10.7. The number of nitrogens with zero attached hydrogens (tertiary/aromatic N) is 3. The van der Waals surface area contributed by atoms with Crippen molar-refractivity contribution in [3.8, 4) is 5.75 Å². The van der Waals surface area contributed by atoms with Gasteiger partial charge in [-0.15, -0.1) is 11.6 Å². The number of anilines is 1. The Kier molecular flexibility index (Phi) is 5.57. The van der Waals surface area contributed by atoms with Crippen LogP contribution in [0.5, 0.6) is 5.75 Å². The highest BCUT2D eigenvalue weighted by molar-refractivity contribution is 6.17. The molecule has 7 heteroatoms. The van der Waals surface area contributed by atoms with Gasteiger partial charge in [0.05, 0.1) is 30.6 Å². The normalized spacial score (nSPS) is 15.5. The minimum atomic E-state index is -0.469. The van der Waals surface area contributed by atoms with Gasteiger partial charge in [-0.3, -0.25) is 4.98 Å². The van der Waals surface area contributed by atoms with Gasteiger partial charge in [-0.1, -0.05) is 0 Å². The van der Waals surface area contributed by atoms with Crippen molar-refractivity contribution >= 4 is 23.4 Å². The van der Waals surface area contributed by atoms with Crippen molar-refractivity contribution in [2.24, 2.45) is 0 Å². The third-order valence-electron chi connectivity index (χ3n) is 3.56. The lowest BCUT2D eigenvalue weighted by atomic mass is 10.2. The van der Waals surface area contributed by atoms with Crippen molar-refractivity contribution in [1.82, 2.24) is 9.88 Å². The molecule has 1 aliphatic rings. The third kappa shape index (κ3) is 4.64. The Morgan fingerprint density at radius 3 is 2.48 bits per heavy atom. The van der Waals surface area contributed by atoms with Crippen LogP contribution in [0.1, 0.15) is 26.5 Å². The predicted molar refractivity (Wildman–Crippen MR) is 90.4 cm³/mol. The highest BCUT2D eigenvalue weighted by atomic mass is 35.5. The molecule has 0 aromatic carbocycles. The number of methoxy groups -OCH3 is 1. The number of hydrogen-bond donors (Lipinski definition) is 0. The van der Waals surface area contributed by atoms with E-state index < -0.39 is 5.60 Å². The molecular weight excluding hydrogens is 318 g/mol. The average Bonchev–Trinajstić information content (AvgIpc) is 2.52.